The summed E-state index contributed by atoms with van der Waals surface area (Å²) in [4.78, 5) is 13.2. The van der Waals surface area contributed by atoms with Crippen LogP contribution < -0.4 is 10.9 Å². The van der Waals surface area contributed by atoms with Crippen molar-refractivity contribution in [1.29, 1.82) is 0 Å². The SMILES string of the molecule is CCC(C)C(c1cccc(NCCc2ccccc2)c1)c1c(O)c2c(oc1=O)CCCCCC2. The summed E-state index contributed by atoms with van der Waals surface area (Å²) in [6.07, 6.45) is 7.65. The predicted molar refractivity (Wildman–Crippen MR) is 139 cm³/mol. The van der Waals surface area contributed by atoms with E-state index in [0.29, 0.717) is 11.3 Å². The first-order valence-electron chi connectivity index (χ1n) is 12.8. The van der Waals surface area contributed by atoms with Gasteiger partial charge in [0.05, 0.1) is 5.56 Å². The molecule has 0 bridgehead atoms. The van der Waals surface area contributed by atoms with Crippen molar-refractivity contribution in [1.82, 2.24) is 0 Å². The minimum atomic E-state index is -0.385. The molecule has 1 aliphatic rings. The highest BCUT2D eigenvalue weighted by atomic mass is 16.4. The molecule has 0 spiro atoms. The molecule has 2 atom stereocenters. The molecule has 2 N–H and O–H groups in total. The Labute approximate surface area is 203 Å². The summed E-state index contributed by atoms with van der Waals surface area (Å²) in [5.41, 5.74) is 4.25. The van der Waals surface area contributed by atoms with Gasteiger partial charge >= 0.3 is 5.63 Å². The molecule has 180 valence electrons. The van der Waals surface area contributed by atoms with Gasteiger partial charge in [-0.15, -0.1) is 0 Å². The molecule has 0 aliphatic heterocycles. The van der Waals surface area contributed by atoms with E-state index in [1.807, 2.05) is 12.1 Å². The van der Waals surface area contributed by atoms with Crippen LogP contribution in [0.15, 0.2) is 63.8 Å². The Morgan fingerprint density at radius 1 is 1.00 bits per heavy atom. The first-order chi connectivity index (χ1) is 16.6. The molecule has 0 fully saturated rings. The zero-order valence-corrected chi connectivity index (χ0v) is 20.5. The number of benzene rings is 2. The van der Waals surface area contributed by atoms with Gasteiger partial charge in [-0.25, -0.2) is 4.79 Å². The van der Waals surface area contributed by atoms with Gasteiger partial charge in [-0.3, -0.25) is 0 Å². The highest BCUT2D eigenvalue weighted by molar-refractivity contribution is 5.51. The molecule has 3 aromatic rings. The first kappa shape index (κ1) is 24.1. The monoisotopic (exact) mass is 459 g/mol. The molecule has 0 amide bonds. The smallest absolute Gasteiger partial charge is 0.343 e. The highest BCUT2D eigenvalue weighted by Gasteiger charge is 2.30. The van der Waals surface area contributed by atoms with Gasteiger partial charge in [0.2, 0.25) is 0 Å². The molecular weight excluding hydrogens is 422 g/mol. The molecule has 34 heavy (non-hydrogen) atoms. The second-order valence-electron chi connectivity index (χ2n) is 9.62. The van der Waals surface area contributed by atoms with Crippen molar-refractivity contribution < 1.29 is 9.52 Å². The van der Waals surface area contributed by atoms with Gasteiger partial charge in [0.1, 0.15) is 11.5 Å². The van der Waals surface area contributed by atoms with Gasteiger partial charge in [0.25, 0.3) is 0 Å². The quantitative estimate of drug-likeness (QED) is 0.387. The molecule has 2 unspecified atom stereocenters. The van der Waals surface area contributed by atoms with E-state index in [0.717, 1.165) is 74.7 Å². The number of aromatic hydroxyl groups is 1. The van der Waals surface area contributed by atoms with Crippen LogP contribution in [-0.4, -0.2) is 11.7 Å². The number of hydrogen-bond donors (Lipinski definition) is 2. The number of anilines is 1. The Morgan fingerprint density at radius 2 is 1.76 bits per heavy atom. The lowest BCUT2D eigenvalue weighted by Crippen LogP contribution is -2.22. The summed E-state index contributed by atoms with van der Waals surface area (Å²) >= 11 is 0. The van der Waals surface area contributed by atoms with Crippen molar-refractivity contribution in [3.05, 3.63) is 93.0 Å². The maximum absolute atomic E-state index is 13.2. The number of fused-ring (bicyclic) bond motifs is 1. The normalized spacial score (nSPS) is 15.6. The number of nitrogens with one attached hydrogen (secondary N) is 1. The minimum Gasteiger partial charge on any atom is -0.507 e. The number of rotatable bonds is 8. The third kappa shape index (κ3) is 5.55. The number of aryl methyl sites for hydroxylation is 1. The molecule has 1 heterocycles. The topological polar surface area (TPSA) is 62.5 Å². The van der Waals surface area contributed by atoms with E-state index in [9.17, 15) is 9.90 Å². The summed E-state index contributed by atoms with van der Waals surface area (Å²) in [7, 11) is 0. The van der Waals surface area contributed by atoms with Gasteiger partial charge in [-0.05, 0) is 54.9 Å². The fourth-order valence-electron chi connectivity index (χ4n) is 5.15. The highest BCUT2D eigenvalue weighted by Crippen LogP contribution is 2.40. The van der Waals surface area contributed by atoms with Crippen molar-refractivity contribution in [3.63, 3.8) is 0 Å². The Hall–Kier alpha value is -3.01. The fraction of sp³-hybridized carbons (Fsp3) is 0.433. The molecule has 1 aliphatic carbocycles. The largest absolute Gasteiger partial charge is 0.507 e. The van der Waals surface area contributed by atoms with Crippen LogP contribution in [0.1, 0.15) is 79.9 Å². The van der Waals surface area contributed by atoms with E-state index in [-0.39, 0.29) is 23.2 Å². The molecular formula is C30H37NO3. The van der Waals surface area contributed by atoms with Crippen molar-refractivity contribution in [2.75, 3.05) is 11.9 Å². The lowest BCUT2D eigenvalue weighted by atomic mass is 9.79. The summed E-state index contributed by atoms with van der Waals surface area (Å²) in [6.45, 7) is 5.11. The molecule has 4 heteroatoms. The average Bonchev–Trinajstić information content (AvgIpc) is 2.83. The fourth-order valence-corrected chi connectivity index (χ4v) is 5.15. The van der Waals surface area contributed by atoms with Crippen LogP contribution in [0.2, 0.25) is 0 Å². The molecule has 2 aromatic carbocycles. The third-order valence-corrected chi connectivity index (χ3v) is 7.25. The lowest BCUT2D eigenvalue weighted by molar-refractivity contribution is 0.371. The van der Waals surface area contributed by atoms with Crippen molar-refractivity contribution in [2.45, 2.75) is 71.1 Å². The zero-order chi connectivity index (χ0) is 23.9. The summed E-state index contributed by atoms with van der Waals surface area (Å²) < 4.78 is 5.86. The Morgan fingerprint density at radius 3 is 2.53 bits per heavy atom. The summed E-state index contributed by atoms with van der Waals surface area (Å²) in [6, 6.07) is 18.7. The van der Waals surface area contributed by atoms with Crippen molar-refractivity contribution >= 4 is 5.69 Å². The van der Waals surface area contributed by atoms with Crippen LogP contribution in [0.4, 0.5) is 5.69 Å². The predicted octanol–water partition coefficient (Wildman–Crippen LogP) is 6.84. The molecule has 4 nitrogen and oxygen atoms in total. The first-order valence-corrected chi connectivity index (χ1v) is 12.8. The molecule has 4 rings (SSSR count). The van der Waals surface area contributed by atoms with Crippen LogP contribution >= 0.6 is 0 Å². The maximum Gasteiger partial charge on any atom is 0.343 e. The second kappa shape index (κ2) is 11.4. The molecule has 0 saturated carbocycles. The van der Waals surface area contributed by atoms with Crippen LogP contribution in [0, 0.1) is 5.92 Å². The Kier molecular flexibility index (Phi) is 8.10. The summed E-state index contributed by atoms with van der Waals surface area (Å²) in [5.74, 6) is 0.818. The second-order valence-corrected chi connectivity index (χ2v) is 9.62. The third-order valence-electron chi connectivity index (χ3n) is 7.25. The zero-order valence-electron chi connectivity index (χ0n) is 20.5. The number of hydrogen-bond acceptors (Lipinski definition) is 4. The lowest BCUT2D eigenvalue weighted by Gasteiger charge is -2.26. The average molecular weight is 460 g/mol. The van der Waals surface area contributed by atoms with E-state index in [4.69, 9.17) is 4.42 Å². The van der Waals surface area contributed by atoms with Gasteiger partial charge in [-0.1, -0.05) is 75.6 Å². The Balaban J connectivity index is 1.65. The van der Waals surface area contributed by atoms with E-state index in [1.54, 1.807) is 0 Å². The van der Waals surface area contributed by atoms with Gasteiger partial charge in [0.15, 0.2) is 0 Å². The molecule has 0 saturated heterocycles. The van der Waals surface area contributed by atoms with Crippen LogP contribution in [-0.2, 0) is 19.3 Å². The van der Waals surface area contributed by atoms with Crippen molar-refractivity contribution in [2.24, 2.45) is 5.92 Å². The van der Waals surface area contributed by atoms with Crippen molar-refractivity contribution in [3.8, 4) is 5.75 Å². The molecule has 1 aromatic heterocycles. The van der Waals surface area contributed by atoms with Crippen LogP contribution in [0.3, 0.4) is 0 Å². The minimum absolute atomic E-state index is 0.167. The van der Waals surface area contributed by atoms with Crippen LogP contribution in [0.25, 0.3) is 0 Å². The standard InChI is InChI=1S/C30H37NO3/c1-3-21(2)27(28-29(32)25-16-9-4-5-10-17-26(25)34-30(28)33)23-14-11-15-24(20-23)31-19-18-22-12-7-6-8-13-22/h6-8,11-15,20-21,27,31-32H,3-5,9-10,16-19H2,1-2H3. The van der Waals surface area contributed by atoms with E-state index >= 15 is 0 Å². The summed E-state index contributed by atoms with van der Waals surface area (Å²) in [5, 5.41) is 14.9. The van der Waals surface area contributed by atoms with Gasteiger partial charge in [0, 0.05) is 30.1 Å². The maximum atomic E-state index is 13.2. The van der Waals surface area contributed by atoms with E-state index in [1.165, 1.54) is 5.56 Å². The van der Waals surface area contributed by atoms with Crippen LogP contribution in [0.5, 0.6) is 5.75 Å². The van der Waals surface area contributed by atoms with Gasteiger partial charge < -0.3 is 14.8 Å². The molecule has 0 radical (unpaired) electrons. The van der Waals surface area contributed by atoms with E-state index in [2.05, 4.69) is 61.6 Å². The Bertz CT molecular complexity index is 1140. The van der Waals surface area contributed by atoms with E-state index < -0.39 is 0 Å². The van der Waals surface area contributed by atoms with Gasteiger partial charge in [-0.2, -0.15) is 0 Å².